The van der Waals surface area contributed by atoms with Crippen molar-refractivity contribution in [3.63, 3.8) is 0 Å². The van der Waals surface area contributed by atoms with Crippen molar-refractivity contribution >= 4 is 20.0 Å². The Morgan fingerprint density at radius 2 is 1.50 bits per heavy atom. The van der Waals surface area contributed by atoms with Gasteiger partial charge in [0.15, 0.2) is 0 Å². The van der Waals surface area contributed by atoms with Gasteiger partial charge in [0.1, 0.15) is 0 Å². The Hall–Kier alpha value is -1.78. The van der Waals surface area contributed by atoms with Gasteiger partial charge in [-0.1, -0.05) is 30.3 Å². The first-order valence-electron chi connectivity index (χ1n) is 8.03. The van der Waals surface area contributed by atoms with E-state index in [4.69, 9.17) is 5.14 Å². The van der Waals surface area contributed by atoms with Gasteiger partial charge in [-0.3, -0.25) is 0 Å². The molecule has 0 aromatic heterocycles. The third-order valence-corrected chi connectivity index (χ3v) is 6.17. The molecule has 7 nitrogen and oxygen atoms in total. The summed E-state index contributed by atoms with van der Waals surface area (Å²) in [5.41, 5.74) is 1.20. The van der Waals surface area contributed by atoms with E-state index in [9.17, 15) is 16.8 Å². The summed E-state index contributed by atoms with van der Waals surface area (Å²) in [5, 5.41) is 5.00. The fourth-order valence-corrected chi connectivity index (χ4v) is 4.01. The molecule has 0 atom stereocenters. The van der Waals surface area contributed by atoms with Crippen molar-refractivity contribution in [1.29, 1.82) is 0 Å². The van der Waals surface area contributed by atoms with Gasteiger partial charge in [0.25, 0.3) is 0 Å². The normalized spacial score (nSPS) is 12.4. The number of nitrogens with one attached hydrogen (secondary N) is 1. The van der Waals surface area contributed by atoms with Crippen molar-refractivity contribution in [1.82, 2.24) is 9.62 Å². The minimum Gasteiger partial charge on any atom is -0.302 e. The van der Waals surface area contributed by atoms with E-state index in [1.54, 1.807) is 0 Å². The molecule has 0 saturated heterocycles. The molecule has 142 valence electrons. The number of hydrogen-bond acceptors (Lipinski definition) is 5. The average Bonchev–Trinajstić information content (AvgIpc) is 2.59. The lowest BCUT2D eigenvalue weighted by atomic mass is 10.2. The summed E-state index contributed by atoms with van der Waals surface area (Å²) < 4.78 is 49.4. The molecule has 0 spiro atoms. The van der Waals surface area contributed by atoms with Crippen LogP contribution in [0.2, 0.25) is 0 Å². The maximum atomic E-state index is 12.2. The number of primary sulfonamides is 1. The third-order valence-electron chi connectivity index (χ3n) is 3.77. The van der Waals surface area contributed by atoms with E-state index in [2.05, 4.69) is 9.62 Å². The molecule has 0 fully saturated rings. The highest BCUT2D eigenvalue weighted by atomic mass is 32.2. The van der Waals surface area contributed by atoms with Crippen LogP contribution in [-0.4, -0.2) is 41.9 Å². The lowest BCUT2D eigenvalue weighted by molar-refractivity contribution is 0.322. The molecular weight excluding hydrogens is 374 g/mol. The summed E-state index contributed by atoms with van der Waals surface area (Å²) in [4.78, 5) is 1.99. The van der Waals surface area contributed by atoms with Gasteiger partial charge in [0, 0.05) is 13.1 Å². The molecule has 2 aromatic rings. The van der Waals surface area contributed by atoms with E-state index in [0.29, 0.717) is 13.0 Å². The lowest BCUT2D eigenvalue weighted by Crippen LogP contribution is -2.28. The van der Waals surface area contributed by atoms with Gasteiger partial charge in [-0.2, -0.15) is 0 Å². The minimum atomic E-state index is -3.84. The van der Waals surface area contributed by atoms with Gasteiger partial charge >= 0.3 is 0 Å². The van der Waals surface area contributed by atoms with Gasteiger partial charge in [-0.15, -0.1) is 0 Å². The van der Waals surface area contributed by atoms with Gasteiger partial charge in [-0.05, 0) is 49.8 Å². The molecule has 0 saturated carbocycles. The Morgan fingerprint density at radius 3 is 2.08 bits per heavy atom. The predicted octanol–water partition coefficient (Wildman–Crippen LogP) is 1.13. The zero-order chi connectivity index (χ0) is 19.2. The Labute approximate surface area is 154 Å². The molecule has 0 radical (unpaired) electrons. The van der Waals surface area contributed by atoms with Crippen molar-refractivity contribution in [3.05, 3.63) is 60.2 Å². The Morgan fingerprint density at radius 1 is 0.923 bits per heavy atom. The molecule has 0 unspecified atom stereocenters. The first kappa shape index (κ1) is 20.5. The van der Waals surface area contributed by atoms with Crippen LogP contribution in [0.4, 0.5) is 0 Å². The SMILES string of the molecule is CN(CCCNS(=O)(=O)c1ccc(S(N)(=O)=O)cc1)Cc1ccccc1. The fraction of sp³-hybridized carbons (Fsp3) is 0.294. The van der Waals surface area contributed by atoms with Crippen molar-refractivity contribution < 1.29 is 16.8 Å². The number of nitrogens with zero attached hydrogens (tertiary/aromatic N) is 1. The molecule has 2 aromatic carbocycles. The highest BCUT2D eigenvalue weighted by Crippen LogP contribution is 2.13. The van der Waals surface area contributed by atoms with E-state index >= 15 is 0 Å². The number of hydrogen-bond donors (Lipinski definition) is 2. The van der Waals surface area contributed by atoms with Gasteiger partial charge in [0.2, 0.25) is 20.0 Å². The average molecular weight is 398 g/mol. The summed E-state index contributed by atoms with van der Waals surface area (Å²) in [7, 11) is -5.55. The van der Waals surface area contributed by atoms with E-state index in [1.807, 2.05) is 37.4 Å². The van der Waals surface area contributed by atoms with E-state index in [0.717, 1.165) is 13.1 Å². The second kappa shape index (κ2) is 8.74. The molecule has 0 heterocycles. The topological polar surface area (TPSA) is 110 Å². The Kier molecular flexibility index (Phi) is 6.90. The molecule has 0 bridgehead atoms. The van der Waals surface area contributed by atoms with Crippen LogP contribution in [0.5, 0.6) is 0 Å². The van der Waals surface area contributed by atoms with E-state index in [-0.39, 0.29) is 9.79 Å². The number of rotatable bonds is 9. The molecular formula is C17H23N3O4S2. The summed E-state index contributed by atoms with van der Waals surface area (Å²) in [6, 6.07) is 14.8. The maximum absolute atomic E-state index is 12.2. The van der Waals surface area contributed by atoms with Crippen LogP contribution in [0.15, 0.2) is 64.4 Å². The zero-order valence-electron chi connectivity index (χ0n) is 14.5. The zero-order valence-corrected chi connectivity index (χ0v) is 16.1. The Bertz CT molecular complexity index is 912. The number of sulfonamides is 2. The van der Waals surface area contributed by atoms with Crippen LogP contribution in [-0.2, 0) is 26.6 Å². The fourth-order valence-electron chi connectivity index (χ4n) is 2.42. The van der Waals surface area contributed by atoms with Gasteiger partial charge in [-0.25, -0.2) is 26.7 Å². The van der Waals surface area contributed by atoms with Gasteiger partial charge < -0.3 is 4.90 Å². The molecule has 2 rings (SSSR count). The minimum absolute atomic E-state index is 0.00235. The highest BCUT2D eigenvalue weighted by molar-refractivity contribution is 7.89. The monoisotopic (exact) mass is 397 g/mol. The van der Waals surface area contributed by atoms with Crippen molar-refractivity contribution in [3.8, 4) is 0 Å². The largest absolute Gasteiger partial charge is 0.302 e. The molecule has 3 N–H and O–H groups in total. The van der Waals surface area contributed by atoms with E-state index < -0.39 is 20.0 Å². The summed E-state index contributed by atoms with van der Waals surface area (Å²) in [6.07, 6.45) is 0.651. The molecule has 0 aliphatic carbocycles. The van der Waals surface area contributed by atoms with Crippen LogP contribution in [0.25, 0.3) is 0 Å². The highest BCUT2D eigenvalue weighted by Gasteiger charge is 2.15. The smallest absolute Gasteiger partial charge is 0.240 e. The second-order valence-electron chi connectivity index (χ2n) is 5.99. The molecule has 9 heteroatoms. The summed E-state index contributed by atoms with van der Waals surface area (Å²) in [5.74, 6) is 0. The number of benzene rings is 2. The quantitative estimate of drug-likeness (QED) is 0.617. The first-order valence-corrected chi connectivity index (χ1v) is 11.1. The first-order chi connectivity index (χ1) is 12.2. The predicted molar refractivity (Wildman–Crippen MR) is 100 cm³/mol. The number of nitrogens with two attached hydrogens (primary N) is 1. The molecule has 26 heavy (non-hydrogen) atoms. The van der Waals surface area contributed by atoms with E-state index in [1.165, 1.54) is 29.8 Å². The Balaban J connectivity index is 1.82. The van der Waals surface area contributed by atoms with Crippen molar-refractivity contribution in [2.45, 2.75) is 22.8 Å². The third kappa shape index (κ3) is 6.19. The molecule has 0 aliphatic rings. The second-order valence-corrected chi connectivity index (χ2v) is 9.32. The molecule has 0 amide bonds. The van der Waals surface area contributed by atoms with Crippen LogP contribution in [0, 0.1) is 0 Å². The van der Waals surface area contributed by atoms with Gasteiger partial charge in [0.05, 0.1) is 9.79 Å². The standard InChI is InChI=1S/C17H23N3O4S2/c1-20(14-15-6-3-2-4-7-15)13-5-12-19-26(23,24)17-10-8-16(9-11-17)25(18,21)22/h2-4,6-11,19H,5,12-14H2,1H3,(H2,18,21,22). The van der Waals surface area contributed by atoms with Crippen LogP contribution >= 0.6 is 0 Å². The molecule has 0 aliphatic heterocycles. The van der Waals surface area contributed by atoms with Crippen LogP contribution in [0.1, 0.15) is 12.0 Å². The van der Waals surface area contributed by atoms with Crippen LogP contribution < -0.4 is 9.86 Å². The van der Waals surface area contributed by atoms with Crippen LogP contribution in [0.3, 0.4) is 0 Å². The lowest BCUT2D eigenvalue weighted by Gasteiger charge is -2.16. The van der Waals surface area contributed by atoms with Crippen molar-refractivity contribution in [2.24, 2.45) is 5.14 Å². The maximum Gasteiger partial charge on any atom is 0.240 e. The summed E-state index contributed by atoms with van der Waals surface area (Å²) >= 11 is 0. The van der Waals surface area contributed by atoms with Crippen molar-refractivity contribution in [2.75, 3.05) is 20.1 Å². The summed E-state index contributed by atoms with van der Waals surface area (Å²) in [6.45, 7) is 1.82.